The van der Waals surface area contributed by atoms with Crippen LogP contribution < -0.4 is 0 Å². The van der Waals surface area contributed by atoms with E-state index in [0.717, 1.165) is 83.5 Å². The van der Waals surface area contributed by atoms with Crippen LogP contribution in [0.15, 0.2) is 85.1 Å². The maximum absolute atomic E-state index is 12.9. The number of aliphatic carboxylic acids is 1. The fourth-order valence-corrected chi connectivity index (χ4v) is 10.2. The average molecular weight is 1190 g/mol. The summed E-state index contributed by atoms with van der Waals surface area (Å²) in [4.78, 5) is 37.6. The van der Waals surface area contributed by atoms with Crippen molar-refractivity contribution in [2.24, 2.45) is 0 Å². The Balaban J connectivity index is 4.00. The lowest BCUT2D eigenvalue weighted by atomic mass is 10.0. The van der Waals surface area contributed by atoms with Crippen molar-refractivity contribution >= 4 is 17.9 Å². The number of carboxylic acid groups (broad SMARTS) is 1. The van der Waals surface area contributed by atoms with Gasteiger partial charge in [0.05, 0.1) is 34.4 Å². The first kappa shape index (κ1) is 81.5. The largest absolute Gasteiger partial charge is 0.477 e. The summed E-state index contributed by atoms with van der Waals surface area (Å²) in [6.45, 7) is 4.81. The molecular weight excluding hydrogens is 1050 g/mol. The molecule has 0 amide bonds. The molecule has 0 rings (SSSR count). The number of quaternary nitrogens is 1. The van der Waals surface area contributed by atoms with E-state index in [-0.39, 0.29) is 38.2 Å². The minimum atomic E-state index is -1.51. The molecule has 0 bridgehead atoms. The van der Waals surface area contributed by atoms with Gasteiger partial charge in [0.2, 0.25) is 0 Å². The summed E-state index contributed by atoms with van der Waals surface area (Å²) in [7, 11) is 5.98. The normalized spacial score (nSPS) is 13.2. The minimum absolute atomic E-state index is 0.178. The highest BCUT2D eigenvalue weighted by atomic mass is 16.7. The number of ether oxygens (including phenoxy) is 4. The van der Waals surface area contributed by atoms with Gasteiger partial charge in [-0.05, 0) is 70.6 Å². The number of allylic oxidation sites excluding steroid dienone is 14. The Morgan fingerprint density at radius 3 is 1.00 bits per heavy atom. The molecule has 0 radical (unpaired) electrons. The van der Waals surface area contributed by atoms with Gasteiger partial charge in [0.25, 0.3) is 6.29 Å². The van der Waals surface area contributed by atoms with E-state index in [2.05, 4.69) is 98.9 Å². The van der Waals surface area contributed by atoms with Crippen molar-refractivity contribution in [3.05, 3.63) is 85.1 Å². The summed E-state index contributed by atoms with van der Waals surface area (Å²) >= 11 is 0. The highest BCUT2D eigenvalue weighted by Gasteiger charge is 2.25. The number of carbonyl (C=O) groups excluding carboxylic acids is 2. The van der Waals surface area contributed by atoms with Crippen LogP contribution in [0.4, 0.5) is 0 Å². The fraction of sp³-hybridized carbons (Fsp3) is 0.776. The lowest BCUT2D eigenvalue weighted by molar-refractivity contribution is -0.870. The number of carbonyl (C=O) groups is 3. The molecule has 0 spiro atoms. The number of nitrogens with zero attached hydrogens (tertiary/aromatic N) is 1. The lowest BCUT2D eigenvalue weighted by Gasteiger charge is -2.25. The molecule has 0 aliphatic rings. The predicted octanol–water partition coefficient (Wildman–Crippen LogP) is 22.2. The van der Waals surface area contributed by atoms with Crippen LogP contribution >= 0.6 is 0 Å². The Labute approximate surface area is 525 Å². The SMILES string of the molecule is CC/C=C\C/C=C\C/C=C\C/C=C\C/C=C\C/C=C\C/C=C\CCCCCCCCCCCCCCCCCCCCCC(=O)OC(COC(=O)CCCCCCCCCCCCCCCCCCCCC)COC(OCC[N+](C)(C)C)C(=O)O. The highest BCUT2D eigenvalue weighted by molar-refractivity contribution is 5.71. The zero-order chi connectivity index (χ0) is 61.9. The van der Waals surface area contributed by atoms with Crippen LogP contribution in [0.2, 0.25) is 0 Å². The van der Waals surface area contributed by atoms with Gasteiger partial charge >= 0.3 is 17.9 Å². The molecule has 9 heteroatoms. The molecule has 0 aliphatic heterocycles. The first-order valence-electron chi connectivity index (χ1n) is 35.8. The zero-order valence-corrected chi connectivity index (χ0v) is 56.3. The van der Waals surface area contributed by atoms with Crippen LogP contribution in [-0.4, -0.2) is 87.4 Å². The third kappa shape index (κ3) is 67.8. The molecule has 1 N–H and O–H groups in total. The molecule has 2 atom stereocenters. The first-order chi connectivity index (χ1) is 41.6. The van der Waals surface area contributed by atoms with Gasteiger partial charge in [0, 0.05) is 12.8 Å². The maximum atomic E-state index is 12.9. The van der Waals surface area contributed by atoms with Crippen molar-refractivity contribution in [3.63, 3.8) is 0 Å². The van der Waals surface area contributed by atoms with Crippen molar-refractivity contribution in [1.29, 1.82) is 0 Å². The van der Waals surface area contributed by atoms with Crippen molar-refractivity contribution in [2.45, 2.75) is 334 Å². The van der Waals surface area contributed by atoms with E-state index < -0.39 is 18.4 Å². The third-order valence-electron chi connectivity index (χ3n) is 15.7. The number of esters is 2. The Morgan fingerprint density at radius 1 is 0.365 bits per heavy atom. The van der Waals surface area contributed by atoms with E-state index in [0.29, 0.717) is 17.4 Å². The molecule has 0 heterocycles. The standard InChI is InChI=1S/C76H135NO8/c1-6-8-10-12-14-16-18-20-22-24-26-27-28-29-30-31-32-33-34-35-36-37-38-39-40-41-42-43-44-45-46-47-49-51-53-55-57-59-61-63-65-67-74(79)85-72(71-84-76(75(80)81)82-69-68-77(3,4)5)70-83-73(78)66-64-62-60-58-56-54-52-50-48-25-23-21-19-17-15-13-11-9-7-2/h8,10,14,16,20,22,26-27,29-30,32-33,35-36,72,76H,6-7,9,11-13,15,17-19,21,23-25,28,31,34,37-71H2,1-5H3/p+1/b10-8-,16-14-,22-20-,27-26-,30-29-,33-32-,36-35-. The van der Waals surface area contributed by atoms with Crippen LogP contribution in [0.3, 0.4) is 0 Å². The predicted molar refractivity (Wildman–Crippen MR) is 364 cm³/mol. The third-order valence-corrected chi connectivity index (χ3v) is 15.7. The molecular formula is C76H136NO8+. The van der Waals surface area contributed by atoms with Crippen LogP contribution in [-0.2, 0) is 33.3 Å². The summed E-state index contributed by atoms with van der Waals surface area (Å²) in [6.07, 6.45) is 87.0. The summed E-state index contributed by atoms with van der Waals surface area (Å²) in [5.74, 6) is -1.98. The average Bonchev–Trinajstić information content (AvgIpc) is 3.49. The molecule has 0 aromatic rings. The Kier molecular flexibility index (Phi) is 63.7. The Morgan fingerprint density at radius 2 is 0.671 bits per heavy atom. The molecule has 9 nitrogen and oxygen atoms in total. The summed E-state index contributed by atoms with van der Waals surface area (Å²) < 4.78 is 23.0. The number of rotatable bonds is 66. The van der Waals surface area contributed by atoms with Gasteiger partial charge in [0.1, 0.15) is 13.2 Å². The van der Waals surface area contributed by atoms with Gasteiger partial charge in [-0.2, -0.15) is 0 Å². The second-order valence-corrected chi connectivity index (χ2v) is 25.2. The lowest BCUT2D eigenvalue weighted by Crippen LogP contribution is -2.40. The quantitative estimate of drug-likeness (QED) is 0.0211. The van der Waals surface area contributed by atoms with E-state index in [1.807, 2.05) is 21.1 Å². The van der Waals surface area contributed by atoms with Crippen molar-refractivity contribution < 1.29 is 42.9 Å². The summed E-state index contributed by atoms with van der Waals surface area (Å²) in [6, 6.07) is 0. The van der Waals surface area contributed by atoms with Crippen LogP contribution in [0.1, 0.15) is 322 Å². The fourth-order valence-electron chi connectivity index (χ4n) is 10.2. The summed E-state index contributed by atoms with van der Waals surface area (Å²) in [5, 5.41) is 9.74. The number of hydrogen-bond acceptors (Lipinski definition) is 7. The topological polar surface area (TPSA) is 108 Å². The van der Waals surface area contributed by atoms with Crippen molar-refractivity contribution in [1.82, 2.24) is 0 Å². The molecule has 0 aromatic carbocycles. The van der Waals surface area contributed by atoms with Crippen LogP contribution in [0, 0.1) is 0 Å². The second-order valence-electron chi connectivity index (χ2n) is 25.2. The van der Waals surface area contributed by atoms with Gasteiger partial charge in [-0.25, -0.2) is 4.79 Å². The van der Waals surface area contributed by atoms with E-state index in [1.165, 1.54) is 212 Å². The maximum Gasteiger partial charge on any atom is 0.361 e. The smallest absolute Gasteiger partial charge is 0.361 e. The van der Waals surface area contributed by atoms with Crippen molar-refractivity contribution in [3.8, 4) is 0 Å². The van der Waals surface area contributed by atoms with Gasteiger partial charge in [-0.15, -0.1) is 0 Å². The van der Waals surface area contributed by atoms with Gasteiger partial charge < -0.3 is 28.5 Å². The van der Waals surface area contributed by atoms with Gasteiger partial charge in [-0.1, -0.05) is 324 Å². The molecule has 0 aromatic heterocycles. The highest BCUT2D eigenvalue weighted by Crippen LogP contribution is 2.18. The molecule has 0 fully saturated rings. The van der Waals surface area contributed by atoms with Gasteiger partial charge in [-0.3, -0.25) is 9.59 Å². The molecule has 0 saturated carbocycles. The minimum Gasteiger partial charge on any atom is -0.477 e. The molecule has 0 aliphatic carbocycles. The number of unbranched alkanes of at least 4 members (excludes halogenated alkanes) is 37. The zero-order valence-electron chi connectivity index (χ0n) is 56.3. The monoisotopic (exact) mass is 1190 g/mol. The second kappa shape index (κ2) is 66.4. The number of carboxylic acids is 1. The van der Waals surface area contributed by atoms with E-state index >= 15 is 0 Å². The molecule has 492 valence electrons. The van der Waals surface area contributed by atoms with Crippen molar-refractivity contribution in [2.75, 3.05) is 47.5 Å². The Bertz CT molecular complexity index is 1670. The first-order valence-corrected chi connectivity index (χ1v) is 35.8. The van der Waals surface area contributed by atoms with Crippen LogP contribution in [0.5, 0.6) is 0 Å². The van der Waals surface area contributed by atoms with E-state index in [1.54, 1.807) is 0 Å². The van der Waals surface area contributed by atoms with E-state index in [9.17, 15) is 19.5 Å². The number of hydrogen-bond donors (Lipinski definition) is 1. The molecule has 2 unspecified atom stereocenters. The van der Waals surface area contributed by atoms with Crippen LogP contribution in [0.25, 0.3) is 0 Å². The molecule has 0 saturated heterocycles. The Hall–Kier alpha value is -3.53. The summed E-state index contributed by atoms with van der Waals surface area (Å²) in [5.41, 5.74) is 0. The van der Waals surface area contributed by atoms with Gasteiger partial charge in [0.15, 0.2) is 6.10 Å². The van der Waals surface area contributed by atoms with E-state index in [4.69, 9.17) is 18.9 Å². The molecule has 85 heavy (non-hydrogen) atoms. The number of likely N-dealkylation sites (N-methyl/N-ethyl adjacent to an activating group) is 1.